The van der Waals surface area contributed by atoms with Gasteiger partial charge in [-0.3, -0.25) is 9.79 Å². The summed E-state index contributed by atoms with van der Waals surface area (Å²) in [5, 5.41) is 3.21. The molecule has 2 aliphatic rings. The van der Waals surface area contributed by atoms with E-state index >= 15 is 0 Å². The Bertz CT molecular complexity index is 674. The summed E-state index contributed by atoms with van der Waals surface area (Å²) in [6.07, 6.45) is 0.687. The molecule has 0 atom stereocenters. The molecule has 0 saturated carbocycles. The van der Waals surface area contributed by atoms with Crippen LogP contribution in [0.2, 0.25) is 0 Å². The van der Waals surface area contributed by atoms with Crippen molar-refractivity contribution in [2.45, 2.75) is 32.2 Å². The zero-order valence-corrected chi connectivity index (χ0v) is 19.8. The molecule has 2 heterocycles. The molecular weight excluding hydrogens is 526 g/mol. The van der Waals surface area contributed by atoms with E-state index in [-0.39, 0.29) is 48.9 Å². The number of nitrogens with one attached hydrogen (secondary N) is 1. The van der Waals surface area contributed by atoms with Crippen molar-refractivity contribution >= 4 is 45.9 Å². The first-order chi connectivity index (χ1) is 13.1. The molecule has 0 aromatic rings. The molecule has 13 heteroatoms. The van der Waals surface area contributed by atoms with Crippen LogP contribution in [0.15, 0.2) is 4.99 Å². The number of rotatable bonds is 4. The Morgan fingerprint density at radius 2 is 1.59 bits per heavy atom. The second kappa shape index (κ2) is 11.0. The van der Waals surface area contributed by atoms with Gasteiger partial charge in [0.25, 0.3) is 0 Å². The van der Waals surface area contributed by atoms with Crippen molar-refractivity contribution in [3.63, 3.8) is 0 Å². The van der Waals surface area contributed by atoms with Crippen molar-refractivity contribution in [2.24, 2.45) is 10.9 Å². The number of guanidine groups is 1. The fourth-order valence-electron chi connectivity index (χ4n) is 3.35. The van der Waals surface area contributed by atoms with Gasteiger partial charge in [-0.1, -0.05) is 0 Å². The van der Waals surface area contributed by atoms with Crippen LogP contribution in [0.5, 0.6) is 0 Å². The molecule has 2 aliphatic heterocycles. The highest BCUT2D eigenvalue weighted by Crippen LogP contribution is 2.30. The summed E-state index contributed by atoms with van der Waals surface area (Å²) in [6.45, 7) is 6.86. The number of piperidine rings is 1. The first-order valence-corrected chi connectivity index (χ1v) is 10.9. The lowest BCUT2D eigenvalue weighted by Gasteiger charge is -2.36. The maximum atomic E-state index is 12.6. The van der Waals surface area contributed by atoms with Crippen LogP contribution in [0.3, 0.4) is 0 Å². The van der Waals surface area contributed by atoms with Gasteiger partial charge in [-0.25, -0.2) is 8.42 Å². The summed E-state index contributed by atoms with van der Waals surface area (Å²) in [6, 6.07) is 0. The van der Waals surface area contributed by atoms with Crippen molar-refractivity contribution in [3.05, 3.63) is 0 Å². The van der Waals surface area contributed by atoms with Crippen LogP contribution >= 0.6 is 24.0 Å². The van der Waals surface area contributed by atoms with Gasteiger partial charge in [0.15, 0.2) is 5.96 Å². The van der Waals surface area contributed by atoms with Gasteiger partial charge in [-0.15, -0.1) is 24.0 Å². The number of piperazine rings is 1. The van der Waals surface area contributed by atoms with Crippen LogP contribution in [0.1, 0.15) is 26.7 Å². The molecule has 29 heavy (non-hydrogen) atoms. The predicted molar refractivity (Wildman–Crippen MR) is 114 cm³/mol. The average molecular weight is 555 g/mol. The van der Waals surface area contributed by atoms with E-state index < -0.39 is 15.5 Å². The van der Waals surface area contributed by atoms with Crippen LogP contribution in [0.25, 0.3) is 0 Å². The monoisotopic (exact) mass is 555 g/mol. The third-order valence-corrected chi connectivity index (χ3v) is 6.69. The molecule has 0 aliphatic carbocycles. The average Bonchev–Trinajstić information content (AvgIpc) is 2.64. The van der Waals surface area contributed by atoms with E-state index in [9.17, 15) is 26.4 Å². The number of hydrogen-bond acceptors (Lipinski definition) is 4. The van der Waals surface area contributed by atoms with Gasteiger partial charge in [-0.05, 0) is 25.7 Å². The summed E-state index contributed by atoms with van der Waals surface area (Å²) < 4.78 is 61.4. The minimum Gasteiger partial charge on any atom is -0.357 e. The van der Waals surface area contributed by atoms with Gasteiger partial charge < -0.3 is 15.1 Å². The maximum Gasteiger partial charge on any atom is 0.511 e. The Morgan fingerprint density at radius 3 is 2.03 bits per heavy atom. The largest absolute Gasteiger partial charge is 0.511 e. The fourth-order valence-corrected chi connectivity index (χ4v) is 4.34. The lowest BCUT2D eigenvalue weighted by molar-refractivity contribution is -0.130. The quantitative estimate of drug-likeness (QED) is 0.321. The highest BCUT2D eigenvalue weighted by atomic mass is 127. The molecule has 170 valence electrons. The van der Waals surface area contributed by atoms with Gasteiger partial charge >= 0.3 is 15.5 Å². The number of carbonyl (C=O) groups is 1. The van der Waals surface area contributed by atoms with E-state index in [0.29, 0.717) is 56.4 Å². The van der Waals surface area contributed by atoms with Crippen molar-refractivity contribution in [1.82, 2.24) is 19.4 Å². The summed E-state index contributed by atoms with van der Waals surface area (Å²) in [7, 11) is -5.25. The lowest BCUT2D eigenvalue weighted by atomic mass is 9.98. The Labute approximate surface area is 186 Å². The zero-order valence-electron chi connectivity index (χ0n) is 16.6. The SMILES string of the molecule is CCNC(=NCC1CCN(S(=O)(=O)C(F)(F)F)CC1)N1CCN(C(C)=O)CC1.I. The lowest BCUT2D eigenvalue weighted by Crippen LogP contribution is -2.53. The van der Waals surface area contributed by atoms with Crippen LogP contribution in [-0.2, 0) is 14.8 Å². The summed E-state index contributed by atoms with van der Waals surface area (Å²) in [4.78, 5) is 19.9. The van der Waals surface area contributed by atoms with Gasteiger partial charge in [0, 0.05) is 59.3 Å². The van der Waals surface area contributed by atoms with Gasteiger partial charge in [0.05, 0.1) is 0 Å². The Morgan fingerprint density at radius 1 is 1.07 bits per heavy atom. The third kappa shape index (κ3) is 6.84. The predicted octanol–water partition coefficient (Wildman–Crippen LogP) is 1.30. The molecule has 8 nitrogen and oxygen atoms in total. The molecule has 0 radical (unpaired) electrons. The minimum absolute atomic E-state index is 0. The van der Waals surface area contributed by atoms with Crippen LogP contribution < -0.4 is 5.32 Å². The molecular formula is C16H29F3IN5O3S. The van der Waals surface area contributed by atoms with E-state index in [1.165, 1.54) is 0 Å². The maximum absolute atomic E-state index is 12.6. The molecule has 0 aromatic carbocycles. The van der Waals surface area contributed by atoms with Crippen molar-refractivity contribution in [3.8, 4) is 0 Å². The second-order valence-corrected chi connectivity index (χ2v) is 8.91. The third-order valence-electron chi connectivity index (χ3n) is 5.06. The molecule has 0 bridgehead atoms. The van der Waals surface area contributed by atoms with E-state index in [0.717, 1.165) is 5.96 Å². The van der Waals surface area contributed by atoms with Crippen LogP contribution in [-0.4, -0.2) is 92.3 Å². The smallest absolute Gasteiger partial charge is 0.357 e. The first kappa shape index (κ1) is 26.2. The Balaban J connectivity index is 0.00000420. The van der Waals surface area contributed by atoms with E-state index in [1.807, 2.05) is 6.92 Å². The van der Waals surface area contributed by atoms with Crippen molar-refractivity contribution in [2.75, 3.05) is 52.4 Å². The van der Waals surface area contributed by atoms with Crippen LogP contribution in [0.4, 0.5) is 13.2 Å². The van der Waals surface area contributed by atoms with Gasteiger partial charge in [0.2, 0.25) is 5.91 Å². The second-order valence-electron chi connectivity index (χ2n) is 6.98. The fraction of sp³-hybridized carbons (Fsp3) is 0.875. The number of amides is 1. The van der Waals surface area contributed by atoms with E-state index in [2.05, 4.69) is 15.2 Å². The number of carbonyl (C=O) groups excluding carboxylic acids is 1. The number of halogens is 4. The summed E-state index contributed by atoms with van der Waals surface area (Å²) in [5.74, 6) is 0.796. The standard InChI is InChI=1S/C16H28F3N5O3S.HI/c1-3-20-15(23-10-8-22(9-11-23)13(2)25)21-12-14-4-6-24(7-5-14)28(26,27)16(17,18)19;/h14H,3-12H2,1-2H3,(H,20,21);1H. The number of aliphatic imine (C=N–C) groups is 1. The highest BCUT2D eigenvalue weighted by molar-refractivity contribution is 14.0. The van der Waals surface area contributed by atoms with Crippen LogP contribution in [0, 0.1) is 5.92 Å². The molecule has 2 saturated heterocycles. The molecule has 2 fully saturated rings. The zero-order chi connectivity index (χ0) is 20.9. The number of hydrogen-bond donors (Lipinski definition) is 1. The van der Waals surface area contributed by atoms with Crippen molar-refractivity contribution in [1.29, 1.82) is 0 Å². The molecule has 2 rings (SSSR count). The van der Waals surface area contributed by atoms with Gasteiger partial charge in [0.1, 0.15) is 0 Å². The van der Waals surface area contributed by atoms with E-state index in [1.54, 1.807) is 11.8 Å². The van der Waals surface area contributed by atoms with E-state index in [4.69, 9.17) is 0 Å². The summed E-state index contributed by atoms with van der Waals surface area (Å²) >= 11 is 0. The Kier molecular flexibility index (Phi) is 9.92. The molecule has 0 unspecified atom stereocenters. The molecule has 0 aromatic heterocycles. The number of sulfonamides is 1. The minimum atomic E-state index is -5.25. The Hall–Kier alpha value is -0.830. The number of alkyl halides is 3. The topological polar surface area (TPSA) is 85.3 Å². The molecule has 1 N–H and O–H groups in total. The highest BCUT2D eigenvalue weighted by Gasteiger charge is 2.50. The number of nitrogens with zero attached hydrogens (tertiary/aromatic N) is 4. The molecule has 1 amide bonds. The molecule has 0 spiro atoms. The normalized spacial score (nSPS) is 20.4. The van der Waals surface area contributed by atoms with Crippen molar-refractivity contribution < 1.29 is 26.4 Å². The first-order valence-electron chi connectivity index (χ1n) is 9.41. The summed E-state index contributed by atoms with van der Waals surface area (Å²) in [5.41, 5.74) is -5.25. The van der Waals surface area contributed by atoms with Gasteiger partial charge in [-0.2, -0.15) is 17.5 Å².